The maximum atomic E-state index is 12.4. The molecule has 148 valence electrons. The number of nitrogens with one attached hydrogen (secondary N) is 1. The number of hydrogen-bond acceptors (Lipinski definition) is 6. The van der Waals surface area contributed by atoms with Gasteiger partial charge >= 0.3 is 6.18 Å². The summed E-state index contributed by atoms with van der Waals surface area (Å²) >= 11 is 0.574. The molecule has 2 aromatic rings. The lowest BCUT2D eigenvalue weighted by Crippen LogP contribution is -2.19. The minimum atomic E-state index is -4.48. The first-order valence-corrected chi connectivity index (χ1v) is 8.27. The monoisotopic (exact) mass is 411 g/mol. The molecule has 0 aliphatic carbocycles. The molecule has 2 rings (SSSR count). The van der Waals surface area contributed by atoms with Gasteiger partial charge in [-0.05, 0) is 24.1 Å². The van der Waals surface area contributed by atoms with Gasteiger partial charge in [0.25, 0.3) is 6.43 Å². The average Bonchev–Trinajstić information content (AvgIpc) is 3.06. The fourth-order valence-corrected chi connectivity index (χ4v) is 2.57. The Hall–Kier alpha value is -2.50. The molecule has 1 aromatic heterocycles. The third-order valence-corrected chi connectivity index (χ3v) is 3.98. The highest BCUT2D eigenvalue weighted by Crippen LogP contribution is 2.30. The fourth-order valence-electron chi connectivity index (χ4n) is 1.96. The van der Waals surface area contributed by atoms with Crippen LogP contribution < -0.4 is 14.8 Å². The number of methoxy groups -OCH3 is 1. The van der Waals surface area contributed by atoms with Crippen molar-refractivity contribution in [3.63, 3.8) is 0 Å². The molecule has 1 N–H and O–H groups in total. The highest BCUT2D eigenvalue weighted by atomic mass is 32.1. The first-order valence-electron chi connectivity index (χ1n) is 7.46. The fraction of sp³-hybridized carbons (Fsp3) is 0.400. The lowest BCUT2D eigenvalue weighted by atomic mass is 10.1. The van der Waals surface area contributed by atoms with Crippen LogP contribution in [0.2, 0.25) is 0 Å². The summed E-state index contributed by atoms with van der Waals surface area (Å²) in [5.74, 6) is -0.442. The third-order valence-electron chi connectivity index (χ3n) is 3.13. The minimum Gasteiger partial charge on any atom is -0.493 e. The summed E-state index contributed by atoms with van der Waals surface area (Å²) in [6.07, 6.45) is -7.01. The number of aryl methyl sites for hydroxylation is 1. The van der Waals surface area contributed by atoms with Crippen molar-refractivity contribution >= 4 is 22.4 Å². The molecule has 0 bridgehead atoms. The van der Waals surface area contributed by atoms with Gasteiger partial charge in [0.15, 0.2) is 23.1 Å². The second kappa shape index (κ2) is 8.93. The van der Waals surface area contributed by atoms with E-state index in [4.69, 9.17) is 4.74 Å². The number of benzene rings is 1. The van der Waals surface area contributed by atoms with E-state index in [-0.39, 0.29) is 29.5 Å². The SMILES string of the molecule is COc1cc(CCC(=O)Nc2nnc(C(F)F)s2)ccc1OCC(F)(F)F. The van der Waals surface area contributed by atoms with Gasteiger partial charge in [0, 0.05) is 6.42 Å². The molecule has 0 aliphatic rings. The number of carbonyl (C=O) groups is 1. The lowest BCUT2D eigenvalue weighted by Gasteiger charge is -2.13. The third kappa shape index (κ3) is 6.62. The molecule has 0 unspecified atom stereocenters. The quantitative estimate of drug-likeness (QED) is 0.665. The van der Waals surface area contributed by atoms with E-state index in [0.717, 1.165) is 0 Å². The topological polar surface area (TPSA) is 73.3 Å². The summed E-state index contributed by atoms with van der Waals surface area (Å²) in [7, 11) is 1.28. The molecule has 0 saturated carbocycles. The Labute approximate surface area is 154 Å². The molecule has 1 amide bonds. The highest BCUT2D eigenvalue weighted by molar-refractivity contribution is 7.15. The van der Waals surface area contributed by atoms with Crippen molar-refractivity contribution in [2.45, 2.75) is 25.4 Å². The maximum Gasteiger partial charge on any atom is 0.422 e. The molecular formula is C15H14F5N3O3S. The molecule has 12 heteroatoms. The summed E-state index contributed by atoms with van der Waals surface area (Å²) in [5, 5.41) is 8.51. The number of rotatable bonds is 8. The molecule has 6 nitrogen and oxygen atoms in total. The van der Waals surface area contributed by atoms with Crippen LogP contribution in [0.15, 0.2) is 18.2 Å². The van der Waals surface area contributed by atoms with Crippen LogP contribution in [-0.2, 0) is 11.2 Å². The minimum absolute atomic E-state index is 0.00446. The first-order chi connectivity index (χ1) is 12.7. The number of nitrogens with zero attached hydrogens (tertiary/aromatic N) is 2. The van der Waals surface area contributed by atoms with E-state index in [1.54, 1.807) is 0 Å². The Kier molecular flexibility index (Phi) is 6.88. The lowest BCUT2D eigenvalue weighted by molar-refractivity contribution is -0.153. The van der Waals surface area contributed by atoms with E-state index in [9.17, 15) is 26.7 Å². The summed E-state index contributed by atoms with van der Waals surface area (Å²) in [6, 6.07) is 4.28. The summed E-state index contributed by atoms with van der Waals surface area (Å²) in [6.45, 7) is -1.45. The van der Waals surface area contributed by atoms with Gasteiger partial charge in [-0.25, -0.2) is 8.78 Å². The van der Waals surface area contributed by atoms with E-state index in [2.05, 4.69) is 20.3 Å². The van der Waals surface area contributed by atoms with Crippen LogP contribution in [0.25, 0.3) is 0 Å². The van der Waals surface area contributed by atoms with Crippen molar-refractivity contribution in [2.24, 2.45) is 0 Å². The second-order valence-electron chi connectivity index (χ2n) is 5.18. The van der Waals surface area contributed by atoms with E-state index in [1.165, 1.54) is 25.3 Å². The highest BCUT2D eigenvalue weighted by Gasteiger charge is 2.29. The van der Waals surface area contributed by atoms with Gasteiger partial charge in [0.2, 0.25) is 11.0 Å². The number of amides is 1. The van der Waals surface area contributed by atoms with Gasteiger partial charge in [0.05, 0.1) is 7.11 Å². The summed E-state index contributed by atoms with van der Waals surface area (Å²) < 4.78 is 71.2. The zero-order valence-electron chi connectivity index (χ0n) is 13.8. The van der Waals surface area contributed by atoms with Gasteiger partial charge in [-0.1, -0.05) is 17.4 Å². The molecule has 0 aliphatic heterocycles. The zero-order chi connectivity index (χ0) is 20.0. The number of aromatic nitrogens is 2. The molecule has 27 heavy (non-hydrogen) atoms. The van der Waals surface area contributed by atoms with Crippen LogP contribution >= 0.6 is 11.3 Å². The van der Waals surface area contributed by atoms with Gasteiger partial charge in [-0.2, -0.15) is 13.2 Å². The molecule has 0 fully saturated rings. The normalized spacial score (nSPS) is 11.5. The van der Waals surface area contributed by atoms with Gasteiger partial charge < -0.3 is 14.8 Å². The number of ether oxygens (including phenoxy) is 2. The zero-order valence-corrected chi connectivity index (χ0v) is 14.7. The van der Waals surface area contributed by atoms with Crippen molar-refractivity contribution < 1.29 is 36.2 Å². The number of anilines is 1. The Morgan fingerprint density at radius 2 is 2.00 bits per heavy atom. The molecular weight excluding hydrogens is 397 g/mol. The van der Waals surface area contributed by atoms with Crippen molar-refractivity contribution in [2.75, 3.05) is 19.0 Å². The van der Waals surface area contributed by atoms with Crippen LogP contribution in [0.4, 0.5) is 27.1 Å². The van der Waals surface area contributed by atoms with E-state index in [0.29, 0.717) is 16.9 Å². The standard InChI is InChI=1S/C15H14F5N3O3S/c1-25-10-6-8(2-4-9(10)26-7-15(18,19)20)3-5-11(24)21-14-23-22-13(27-14)12(16)17/h2,4,6,12H,3,5,7H2,1H3,(H,21,23,24). The number of alkyl halides is 5. The molecule has 0 spiro atoms. The Balaban J connectivity index is 1.91. The van der Waals surface area contributed by atoms with Crippen LogP contribution in [0.3, 0.4) is 0 Å². The average molecular weight is 411 g/mol. The second-order valence-corrected chi connectivity index (χ2v) is 6.19. The van der Waals surface area contributed by atoms with Crippen molar-refractivity contribution in [1.82, 2.24) is 10.2 Å². The smallest absolute Gasteiger partial charge is 0.422 e. The number of halogens is 5. The predicted octanol–water partition coefficient (Wildman–Crippen LogP) is 4.00. The number of hydrogen-bond donors (Lipinski definition) is 1. The predicted molar refractivity (Wildman–Crippen MR) is 86.4 cm³/mol. The Morgan fingerprint density at radius 3 is 2.59 bits per heavy atom. The van der Waals surface area contributed by atoms with Gasteiger partial charge in [-0.15, -0.1) is 10.2 Å². The van der Waals surface area contributed by atoms with Crippen LogP contribution in [0, 0.1) is 0 Å². The number of carbonyl (C=O) groups excluding carboxylic acids is 1. The summed E-state index contributed by atoms with van der Waals surface area (Å²) in [4.78, 5) is 11.9. The molecule has 1 heterocycles. The van der Waals surface area contributed by atoms with Gasteiger partial charge in [0.1, 0.15) is 0 Å². The van der Waals surface area contributed by atoms with Gasteiger partial charge in [-0.3, -0.25) is 4.79 Å². The maximum absolute atomic E-state index is 12.4. The molecule has 0 atom stereocenters. The van der Waals surface area contributed by atoms with Crippen LogP contribution in [0.1, 0.15) is 23.4 Å². The Morgan fingerprint density at radius 1 is 1.26 bits per heavy atom. The van der Waals surface area contributed by atoms with E-state index in [1.807, 2.05) is 0 Å². The van der Waals surface area contributed by atoms with E-state index < -0.39 is 30.1 Å². The van der Waals surface area contributed by atoms with Crippen LogP contribution in [0.5, 0.6) is 11.5 Å². The van der Waals surface area contributed by atoms with Crippen LogP contribution in [-0.4, -0.2) is 36.0 Å². The van der Waals surface area contributed by atoms with Crippen molar-refractivity contribution in [1.29, 1.82) is 0 Å². The van der Waals surface area contributed by atoms with E-state index >= 15 is 0 Å². The largest absolute Gasteiger partial charge is 0.493 e. The first kappa shape index (κ1) is 20.8. The van der Waals surface area contributed by atoms with Crippen molar-refractivity contribution in [3.05, 3.63) is 28.8 Å². The van der Waals surface area contributed by atoms with Crippen molar-refractivity contribution in [3.8, 4) is 11.5 Å². The molecule has 0 radical (unpaired) electrons. The summed E-state index contributed by atoms with van der Waals surface area (Å²) in [5.41, 5.74) is 0.617. The molecule has 1 aromatic carbocycles. The molecule has 0 saturated heterocycles. The Bertz CT molecular complexity index is 782.